The van der Waals surface area contributed by atoms with Gasteiger partial charge in [0.25, 0.3) is 0 Å². The Hall–Kier alpha value is -1.54. The third-order valence-corrected chi connectivity index (χ3v) is 3.64. The Morgan fingerprint density at radius 2 is 2.00 bits per heavy atom. The van der Waals surface area contributed by atoms with Gasteiger partial charge < -0.3 is 4.74 Å². The fraction of sp³-hybridized carbons (Fsp3) is 0.300. The van der Waals surface area contributed by atoms with Crippen molar-refractivity contribution in [3.8, 4) is 0 Å². The molecule has 0 heterocycles. The normalized spacial score (nSPS) is 13.1. The number of carbonyl (C=O) groups excluding carboxylic acids is 1. The molecule has 1 aromatic carbocycles. The van der Waals surface area contributed by atoms with E-state index in [1.54, 1.807) is 0 Å². The maximum Gasteiger partial charge on any atom is 0.323 e. The highest BCUT2D eigenvalue weighted by Gasteiger charge is 2.25. The number of halogens is 2. The highest BCUT2D eigenvalue weighted by atomic mass is 32.2. The van der Waals surface area contributed by atoms with Gasteiger partial charge in [0, 0.05) is 6.07 Å². The van der Waals surface area contributed by atoms with E-state index in [1.165, 1.54) is 6.92 Å². The van der Waals surface area contributed by atoms with Crippen molar-refractivity contribution in [1.82, 2.24) is 4.72 Å². The van der Waals surface area contributed by atoms with E-state index < -0.39 is 38.6 Å². The Labute approximate surface area is 103 Å². The summed E-state index contributed by atoms with van der Waals surface area (Å²) in [6.07, 6.45) is 0. The van der Waals surface area contributed by atoms with Crippen LogP contribution in [0, 0.1) is 11.6 Å². The largest absolute Gasteiger partial charge is 0.468 e. The van der Waals surface area contributed by atoms with E-state index in [0.29, 0.717) is 6.07 Å². The van der Waals surface area contributed by atoms with Crippen molar-refractivity contribution in [1.29, 1.82) is 0 Å². The molecule has 0 bridgehead atoms. The molecule has 0 radical (unpaired) electrons. The molecule has 0 aliphatic heterocycles. The fourth-order valence-electron chi connectivity index (χ4n) is 1.21. The molecule has 0 amide bonds. The molecule has 5 nitrogen and oxygen atoms in total. The molecule has 0 spiro atoms. The van der Waals surface area contributed by atoms with Crippen LogP contribution in [0.4, 0.5) is 8.78 Å². The molecule has 1 rings (SSSR count). The molecule has 0 aromatic heterocycles. The third-order valence-electron chi connectivity index (χ3n) is 2.07. The minimum atomic E-state index is -4.25. The molecule has 1 atom stereocenters. The molecular weight excluding hydrogens is 268 g/mol. The van der Waals surface area contributed by atoms with Crippen molar-refractivity contribution in [2.75, 3.05) is 7.11 Å². The summed E-state index contributed by atoms with van der Waals surface area (Å²) in [6.45, 7) is 1.24. The Morgan fingerprint density at radius 3 is 2.50 bits per heavy atom. The van der Waals surface area contributed by atoms with Gasteiger partial charge in [0.1, 0.15) is 22.6 Å². The van der Waals surface area contributed by atoms with Gasteiger partial charge in [-0.15, -0.1) is 0 Å². The van der Waals surface area contributed by atoms with Gasteiger partial charge >= 0.3 is 5.97 Å². The molecule has 8 heteroatoms. The first-order chi connectivity index (χ1) is 8.27. The fourth-order valence-corrected chi connectivity index (χ4v) is 2.47. The average molecular weight is 279 g/mol. The Morgan fingerprint density at radius 1 is 1.39 bits per heavy atom. The summed E-state index contributed by atoms with van der Waals surface area (Å²) in [5.74, 6) is -2.95. The zero-order chi connectivity index (χ0) is 13.9. The van der Waals surface area contributed by atoms with Crippen molar-refractivity contribution in [2.24, 2.45) is 0 Å². The number of methoxy groups -OCH3 is 1. The second kappa shape index (κ2) is 5.40. The summed E-state index contributed by atoms with van der Waals surface area (Å²) in [5.41, 5.74) is 0. The molecule has 0 aliphatic rings. The van der Waals surface area contributed by atoms with E-state index in [-0.39, 0.29) is 0 Å². The van der Waals surface area contributed by atoms with E-state index in [1.807, 2.05) is 4.72 Å². The van der Waals surface area contributed by atoms with Crippen molar-refractivity contribution < 1.29 is 26.7 Å². The summed E-state index contributed by atoms with van der Waals surface area (Å²) in [4.78, 5) is 10.3. The van der Waals surface area contributed by atoms with Crippen LogP contribution in [0.5, 0.6) is 0 Å². The van der Waals surface area contributed by atoms with Crippen LogP contribution >= 0.6 is 0 Å². The van der Waals surface area contributed by atoms with Crippen LogP contribution in [0.2, 0.25) is 0 Å². The van der Waals surface area contributed by atoms with E-state index in [2.05, 4.69) is 4.74 Å². The lowest BCUT2D eigenvalue weighted by molar-refractivity contribution is -0.142. The number of ether oxygens (including phenoxy) is 1. The van der Waals surface area contributed by atoms with Crippen LogP contribution in [-0.4, -0.2) is 27.5 Å². The standard InChI is InChI=1S/C10H11F2NO4S/c1-6(10(14)17-2)13-18(15,16)9-4-3-7(11)5-8(9)12/h3-6,13H,1-2H3/t6-/m0/s1. The molecule has 0 saturated carbocycles. The van der Waals surface area contributed by atoms with Gasteiger partial charge in [0.05, 0.1) is 7.11 Å². The molecule has 0 aliphatic carbocycles. The third kappa shape index (κ3) is 3.23. The number of rotatable bonds is 4. The van der Waals surface area contributed by atoms with Crippen LogP contribution in [-0.2, 0) is 19.6 Å². The first-order valence-corrected chi connectivity index (χ1v) is 6.31. The van der Waals surface area contributed by atoms with E-state index in [0.717, 1.165) is 19.2 Å². The molecular formula is C10H11F2NO4S. The van der Waals surface area contributed by atoms with Crippen molar-refractivity contribution in [2.45, 2.75) is 17.9 Å². The smallest absolute Gasteiger partial charge is 0.323 e. The number of nitrogens with one attached hydrogen (secondary N) is 1. The van der Waals surface area contributed by atoms with Gasteiger partial charge in [-0.1, -0.05) is 0 Å². The minimum Gasteiger partial charge on any atom is -0.468 e. The van der Waals surface area contributed by atoms with Crippen LogP contribution in [0.25, 0.3) is 0 Å². The SMILES string of the molecule is COC(=O)[C@H](C)NS(=O)(=O)c1ccc(F)cc1F. The highest BCUT2D eigenvalue weighted by molar-refractivity contribution is 7.89. The van der Waals surface area contributed by atoms with Gasteiger partial charge in [0.15, 0.2) is 0 Å². The maximum absolute atomic E-state index is 13.3. The summed E-state index contributed by atoms with van der Waals surface area (Å²) in [7, 11) is -3.17. The predicted molar refractivity (Wildman–Crippen MR) is 58.2 cm³/mol. The van der Waals surface area contributed by atoms with Crippen LogP contribution in [0.15, 0.2) is 23.1 Å². The molecule has 1 N–H and O–H groups in total. The van der Waals surface area contributed by atoms with Crippen LogP contribution < -0.4 is 4.72 Å². The lowest BCUT2D eigenvalue weighted by Crippen LogP contribution is -2.39. The summed E-state index contributed by atoms with van der Waals surface area (Å²) in [5, 5.41) is 0. The number of benzene rings is 1. The number of hydrogen-bond donors (Lipinski definition) is 1. The number of esters is 1. The monoisotopic (exact) mass is 279 g/mol. The lowest BCUT2D eigenvalue weighted by Gasteiger charge is -2.12. The van der Waals surface area contributed by atoms with Crippen molar-refractivity contribution >= 4 is 16.0 Å². The molecule has 100 valence electrons. The van der Waals surface area contributed by atoms with Gasteiger partial charge in [-0.3, -0.25) is 4.79 Å². The lowest BCUT2D eigenvalue weighted by atomic mass is 10.3. The first kappa shape index (κ1) is 14.5. The molecule has 1 aromatic rings. The zero-order valence-corrected chi connectivity index (χ0v) is 10.4. The summed E-state index contributed by atoms with van der Waals surface area (Å²) >= 11 is 0. The predicted octanol–water partition coefficient (Wildman–Crippen LogP) is 0.805. The van der Waals surface area contributed by atoms with E-state index in [9.17, 15) is 22.0 Å². The molecule has 18 heavy (non-hydrogen) atoms. The second-order valence-corrected chi connectivity index (χ2v) is 5.12. The zero-order valence-electron chi connectivity index (χ0n) is 9.61. The highest BCUT2D eigenvalue weighted by Crippen LogP contribution is 2.15. The van der Waals surface area contributed by atoms with Gasteiger partial charge in [-0.2, -0.15) is 4.72 Å². The Kier molecular flexibility index (Phi) is 4.36. The van der Waals surface area contributed by atoms with E-state index >= 15 is 0 Å². The molecule has 0 saturated heterocycles. The van der Waals surface area contributed by atoms with Gasteiger partial charge in [-0.25, -0.2) is 17.2 Å². The first-order valence-electron chi connectivity index (χ1n) is 4.83. The summed E-state index contributed by atoms with van der Waals surface area (Å²) < 4.78 is 55.6. The summed E-state index contributed by atoms with van der Waals surface area (Å²) in [6, 6.07) is 0.846. The number of hydrogen-bond acceptors (Lipinski definition) is 4. The van der Waals surface area contributed by atoms with Crippen molar-refractivity contribution in [3.63, 3.8) is 0 Å². The molecule has 0 unspecified atom stereocenters. The average Bonchev–Trinajstić information content (AvgIpc) is 2.26. The van der Waals surface area contributed by atoms with Gasteiger partial charge in [0.2, 0.25) is 10.0 Å². The molecule has 0 fully saturated rings. The topological polar surface area (TPSA) is 72.5 Å². The number of carbonyl (C=O) groups is 1. The quantitative estimate of drug-likeness (QED) is 0.828. The minimum absolute atomic E-state index is 0.442. The van der Waals surface area contributed by atoms with Gasteiger partial charge in [-0.05, 0) is 19.1 Å². The van der Waals surface area contributed by atoms with Crippen LogP contribution in [0.3, 0.4) is 0 Å². The number of sulfonamides is 1. The Balaban J connectivity index is 3.04. The maximum atomic E-state index is 13.3. The second-order valence-electron chi connectivity index (χ2n) is 3.44. The van der Waals surface area contributed by atoms with Crippen LogP contribution in [0.1, 0.15) is 6.92 Å². The van der Waals surface area contributed by atoms with E-state index in [4.69, 9.17) is 0 Å². The van der Waals surface area contributed by atoms with Crippen molar-refractivity contribution in [3.05, 3.63) is 29.8 Å². The Bertz CT molecular complexity index is 559.